The van der Waals surface area contributed by atoms with Gasteiger partial charge in [-0.3, -0.25) is 9.59 Å². The molecule has 160 valence electrons. The first-order chi connectivity index (χ1) is 14.3. The van der Waals surface area contributed by atoms with Crippen LogP contribution >= 0.6 is 23.2 Å². The highest BCUT2D eigenvalue weighted by Gasteiger charge is 2.16. The zero-order chi connectivity index (χ0) is 22.1. The number of nitrogens with two attached hydrogens (primary N) is 1. The first-order valence-corrected chi connectivity index (χ1v) is 9.68. The number of hydrazone groups is 1. The van der Waals surface area contributed by atoms with Gasteiger partial charge in [-0.1, -0.05) is 23.2 Å². The van der Waals surface area contributed by atoms with Crippen LogP contribution in [0, 0.1) is 0 Å². The highest BCUT2D eigenvalue weighted by atomic mass is 35.5. The quantitative estimate of drug-likeness (QED) is 0.423. The van der Waals surface area contributed by atoms with Crippen molar-refractivity contribution in [2.45, 2.75) is 20.0 Å². The van der Waals surface area contributed by atoms with Gasteiger partial charge in [-0.15, -0.1) is 0 Å². The van der Waals surface area contributed by atoms with Gasteiger partial charge in [0.15, 0.2) is 24.2 Å². The summed E-state index contributed by atoms with van der Waals surface area (Å²) in [6.07, 6.45) is 0.588. The van der Waals surface area contributed by atoms with Gasteiger partial charge in [-0.05, 0) is 55.8 Å². The Morgan fingerprint density at radius 3 is 2.53 bits per heavy atom. The minimum absolute atomic E-state index is 0.265. The van der Waals surface area contributed by atoms with Crippen LogP contribution in [0.3, 0.4) is 0 Å². The lowest BCUT2D eigenvalue weighted by atomic mass is 10.2. The van der Waals surface area contributed by atoms with Gasteiger partial charge in [0.25, 0.3) is 11.8 Å². The summed E-state index contributed by atoms with van der Waals surface area (Å²) in [5.74, 6) is 0.0631. The van der Waals surface area contributed by atoms with E-state index in [9.17, 15) is 9.59 Å². The average molecular weight is 454 g/mol. The molecule has 10 heteroatoms. The molecule has 1 atom stereocenters. The first kappa shape index (κ1) is 23.3. The third-order valence-corrected chi connectivity index (χ3v) is 4.12. The number of rotatable bonds is 10. The minimum atomic E-state index is -0.843. The number of hydrogen-bond donors (Lipinski definition) is 2. The van der Waals surface area contributed by atoms with Crippen LogP contribution in [0.25, 0.3) is 0 Å². The smallest absolute Gasteiger partial charge is 0.280 e. The maximum absolute atomic E-state index is 12.2. The van der Waals surface area contributed by atoms with Crippen LogP contribution in [0.1, 0.15) is 19.4 Å². The second kappa shape index (κ2) is 11.3. The van der Waals surface area contributed by atoms with Gasteiger partial charge >= 0.3 is 0 Å². The Morgan fingerprint density at radius 2 is 1.87 bits per heavy atom. The number of nitrogens with one attached hydrogen (secondary N) is 1. The van der Waals surface area contributed by atoms with E-state index in [0.29, 0.717) is 39.5 Å². The lowest BCUT2D eigenvalue weighted by Crippen LogP contribution is -2.33. The van der Waals surface area contributed by atoms with Crippen LogP contribution in [-0.4, -0.2) is 37.3 Å². The van der Waals surface area contributed by atoms with Crippen LogP contribution in [0.5, 0.6) is 17.2 Å². The fraction of sp³-hybridized carbons (Fsp3) is 0.250. The number of carbonyl (C=O) groups is 2. The predicted octanol–water partition coefficient (Wildman–Crippen LogP) is 3.17. The molecule has 0 aliphatic heterocycles. The van der Waals surface area contributed by atoms with Crippen LogP contribution in [-0.2, 0) is 9.59 Å². The Labute approximate surface area is 183 Å². The molecule has 0 spiro atoms. The van der Waals surface area contributed by atoms with E-state index in [4.69, 9.17) is 43.1 Å². The van der Waals surface area contributed by atoms with E-state index in [2.05, 4.69) is 10.5 Å². The molecule has 0 aliphatic rings. The fourth-order valence-electron chi connectivity index (χ4n) is 2.22. The third-order valence-electron chi connectivity index (χ3n) is 3.59. The topological polar surface area (TPSA) is 112 Å². The normalized spacial score (nSPS) is 11.7. The summed E-state index contributed by atoms with van der Waals surface area (Å²) < 4.78 is 16.3. The molecule has 0 aromatic heterocycles. The zero-order valence-corrected chi connectivity index (χ0v) is 17.9. The van der Waals surface area contributed by atoms with Gasteiger partial charge in [-0.25, -0.2) is 5.43 Å². The molecule has 2 aromatic rings. The van der Waals surface area contributed by atoms with E-state index in [1.165, 1.54) is 12.3 Å². The van der Waals surface area contributed by atoms with Crippen molar-refractivity contribution in [2.24, 2.45) is 10.8 Å². The van der Waals surface area contributed by atoms with E-state index >= 15 is 0 Å². The summed E-state index contributed by atoms with van der Waals surface area (Å²) in [5, 5.41) is 4.68. The summed E-state index contributed by atoms with van der Waals surface area (Å²) in [5.41, 5.74) is 8.12. The molecule has 0 unspecified atom stereocenters. The van der Waals surface area contributed by atoms with Crippen molar-refractivity contribution < 1.29 is 23.8 Å². The highest BCUT2D eigenvalue weighted by Crippen LogP contribution is 2.29. The van der Waals surface area contributed by atoms with E-state index in [0.717, 1.165) is 0 Å². The Balaban J connectivity index is 1.98. The maximum Gasteiger partial charge on any atom is 0.280 e. The van der Waals surface area contributed by atoms with Crippen LogP contribution < -0.4 is 25.4 Å². The minimum Gasteiger partial charge on any atom is -0.490 e. The largest absolute Gasteiger partial charge is 0.490 e. The predicted molar refractivity (Wildman–Crippen MR) is 115 cm³/mol. The van der Waals surface area contributed by atoms with Crippen molar-refractivity contribution in [2.75, 3.05) is 13.2 Å². The molecule has 2 aromatic carbocycles. The Kier molecular flexibility index (Phi) is 8.76. The van der Waals surface area contributed by atoms with Crippen LogP contribution in [0.15, 0.2) is 41.5 Å². The fourth-order valence-corrected chi connectivity index (χ4v) is 2.67. The third kappa shape index (κ3) is 7.13. The SMILES string of the molecule is CCOc1cc(/C=N\NC(=O)[C@@H](C)Oc2ccc(Cl)cc2Cl)ccc1OCC(N)=O. The maximum atomic E-state index is 12.2. The molecule has 3 N–H and O–H groups in total. The van der Waals surface area contributed by atoms with Crippen molar-refractivity contribution in [3.8, 4) is 17.2 Å². The molecular weight excluding hydrogens is 433 g/mol. The highest BCUT2D eigenvalue weighted by molar-refractivity contribution is 6.35. The first-order valence-electron chi connectivity index (χ1n) is 8.92. The number of hydrogen-bond acceptors (Lipinski definition) is 6. The van der Waals surface area contributed by atoms with E-state index < -0.39 is 17.9 Å². The summed E-state index contributed by atoms with van der Waals surface area (Å²) in [4.78, 5) is 23.1. The second-order valence-electron chi connectivity index (χ2n) is 5.96. The molecule has 30 heavy (non-hydrogen) atoms. The number of benzene rings is 2. The summed E-state index contributed by atoms with van der Waals surface area (Å²) in [6.45, 7) is 3.51. The van der Waals surface area contributed by atoms with Crippen LogP contribution in [0.4, 0.5) is 0 Å². The summed E-state index contributed by atoms with van der Waals surface area (Å²) in [7, 11) is 0. The van der Waals surface area contributed by atoms with E-state index in [1.54, 1.807) is 37.3 Å². The Hall–Kier alpha value is -2.97. The number of carbonyl (C=O) groups excluding carboxylic acids is 2. The standard InChI is InChI=1S/C20H21Cl2N3O5/c1-3-28-18-8-13(4-6-17(18)29-11-19(23)26)10-24-25-20(27)12(2)30-16-7-5-14(21)9-15(16)22/h4-10,12H,3,11H2,1-2H3,(H2,23,26)(H,25,27)/b24-10-/t12-/m1/s1. The van der Waals surface area contributed by atoms with E-state index in [-0.39, 0.29) is 6.61 Å². The number of nitrogens with zero attached hydrogens (tertiary/aromatic N) is 1. The molecule has 0 heterocycles. The molecule has 2 amide bonds. The molecule has 2 rings (SSSR count). The average Bonchev–Trinajstić information content (AvgIpc) is 2.69. The van der Waals surface area contributed by atoms with Crippen molar-refractivity contribution in [1.82, 2.24) is 5.43 Å². The van der Waals surface area contributed by atoms with Gasteiger partial charge in [0.05, 0.1) is 17.8 Å². The van der Waals surface area contributed by atoms with Gasteiger partial charge in [-0.2, -0.15) is 5.10 Å². The molecule has 0 radical (unpaired) electrons. The van der Waals surface area contributed by atoms with Gasteiger partial charge < -0.3 is 19.9 Å². The molecule has 0 saturated heterocycles. The van der Waals surface area contributed by atoms with Gasteiger partial charge in [0, 0.05) is 5.02 Å². The molecule has 0 bridgehead atoms. The Bertz CT molecular complexity index is 937. The molecular formula is C20H21Cl2N3O5. The lowest BCUT2D eigenvalue weighted by Gasteiger charge is -2.14. The van der Waals surface area contributed by atoms with Crippen LogP contribution in [0.2, 0.25) is 10.0 Å². The monoisotopic (exact) mass is 453 g/mol. The van der Waals surface area contributed by atoms with E-state index in [1.807, 2.05) is 6.92 Å². The zero-order valence-electron chi connectivity index (χ0n) is 16.4. The Morgan fingerprint density at radius 1 is 1.13 bits per heavy atom. The molecule has 0 saturated carbocycles. The van der Waals surface area contributed by atoms with Gasteiger partial charge in [0.2, 0.25) is 0 Å². The molecule has 0 fully saturated rings. The summed E-state index contributed by atoms with van der Waals surface area (Å²) in [6, 6.07) is 9.66. The molecule has 8 nitrogen and oxygen atoms in total. The van der Waals surface area contributed by atoms with Crippen molar-refractivity contribution in [3.63, 3.8) is 0 Å². The van der Waals surface area contributed by atoms with Crippen molar-refractivity contribution in [3.05, 3.63) is 52.0 Å². The van der Waals surface area contributed by atoms with Crippen molar-refractivity contribution >= 4 is 41.2 Å². The van der Waals surface area contributed by atoms with Crippen molar-refractivity contribution in [1.29, 1.82) is 0 Å². The number of ether oxygens (including phenoxy) is 3. The van der Waals surface area contributed by atoms with Gasteiger partial charge in [0.1, 0.15) is 5.75 Å². The number of primary amides is 1. The number of amides is 2. The summed E-state index contributed by atoms with van der Waals surface area (Å²) >= 11 is 11.9. The number of halogens is 2. The second-order valence-corrected chi connectivity index (χ2v) is 6.81. The lowest BCUT2D eigenvalue weighted by molar-refractivity contribution is -0.127. The molecule has 0 aliphatic carbocycles.